The molecule has 0 unspecified atom stereocenters. The van der Waals surface area contributed by atoms with Crippen molar-refractivity contribution in [3.63, 3.8) is 0 Å². The molecule has 1 N–H and O–H groups in total. The average molecular weight is 902 g/mol. The molecule has 0 amide bonds. The van der Waals surface area contributed by atoms with Crippen molar-refractivity contribution in [2.24, 2.45) is 0 Å². The standard InChI is InChI=1S/C22H27F3N2O.C13H20N2.C9H8BrF3O.ClH/c1-21(26(2)18-8-4-3-5-9-18)12-14-27(15-13-21)16-17-28-20-11-7-6-10-19(20)22(23,24)25;1-13(8-10-14-11-9-13)15(2)12-6-4-3-5-7-12;10-5-6-14-8-4-2-1-3-7(8)9(11,12)13;/h3-11H,12-17H2,1-2H3;3-7,14H,8-11H2,1-2H3;1-4H,5-6H2;1H. The number of nitrogens with one attached hydrogen (secondary N) is 1. The maximum absolute atomic E-state index is 13.0. The Labute approximate surface area is 354 Å². The molecule has 2 aliphatic rings. The van der Waals surface area contributed by atoms with Crippen LogP contribution in [0, 0.1) is 0 Å². The van der Waals surface area contributed by atoms with Crippen LogP contribution in [-0.4, -0.2) is 81.3 Å². The van der Waals surface area contributed by atoms with Crippen molar-refractivity contribution in [2.45, 2.75) is 63.0 Å². The first-order chi connectivity index (χ1) is 27.1. The Bertz CT molecular complexity index is 1760. The van der Waals surface area contributed by atoms with Crippen LogP contribution >= 0.6 is 28.3 Å². The molecule has 0 saturated carbocycles. The van der Waals surface area contributed by atoms with Crippen LogP contribution in [0.4, 0.5) is 37.7 Å². The summed E-state index contributed by atoms with van der Waals surface area (Å²) in [5.41, 5.74) is 1.45. The Hall–Kier alpha value is -3.65. The zero-order valence-corrected chi connectivity index (χ0v) is 36.0. The van der Waals surface area contributed by atoms with E-state index in [0.717, 1.165) is 51.2 Å². The van der Waals surface area contributed by atoms with Gasteiger partial charge in [-0.1, -0.05) is 76.6 Å². The van der Waals surface area contributed by atoms with Gasteiger partial charge in [0.2, 0.25) is 0 Å². The molecule has 320 valence electrons. The largest absolute Gasteiger partial charge is 0.492 e. The van der Waals surface area contributed by atoms with Gasteiger partial charge in [-0.3, -0.25) is 4.90 Å². The van der Waals surface area contributed by atoms with E-state index in [1.165, 1.54) is 54.5 Å². The summed E-state index contributed by atoms with van der Waals surface area (Å²) in [5, 5.41) is 3.92. The molecule has 4 aromatic rings. The maximum Gasteiger partial charge on any atom is 0.419 e. The van der Waals surface area contributed by atoms with Gasteiger partial charge in [-0.15, -0.1) is 12.4 Å². The normalized spacial score (nSPS) is 16.3. The monoisotopic (exact) mass is 900 g/mol. The molecular formula is C44H56BrClF6N4O2. The third-order valence-corrected chi connectivity index (χ3v) is 11.2. The van der Waals surface area contributed by atoms with E-state index < -0.39 is 23.5 Å². The molecule has 0 aromatic heterocycles. The van der Waals surface area contributed by atoms with Crippen molar-refractivity contribution in [1.82, 2.24) is 10.2 Å². The number of piperidine rings is 2. The average Bonchev–Trinajstić information content (AvgIpc) is 3.21. The summed E-state index contributed by atoms with van der Waals surface area (Å²) in [6, 6.07) is 31.5. The molecule has 2 heterocycles. The predicted octanol–water partition coefficient (Wildman–Crippen LogP) is 11.2. The van der Waals surface area contributed by atoms with Crippen molar-refractivity contribution in [2.75, 3.05) is 75.2 Å². The van der Waals surface area contributed by atoms with Crippen molar-refractivity contribution in [3.8, 4) is 11.5 Å². The van der Waals surface area contributed by atoms with E-state index in [9.17, 15) is 26.3 Å². The summed E-state index contributed by atoms with van der Waals surface area (Å²) in [5.74, 6) is -0.222. The molecule has 6 nitrogen and oxygen atoms in total. The summed E-state index contributed by atoms with van der Waals surface area (Å²) in [6.07, 6.45) is -4.32. The number of nitrogens with zero attached hydrogens (tertiary/aromatic N) is 3. The number of rotatable bonds is 11. The van der Waals surface area contributed by atoms with Crippen molar-refractivity contribution >= 4 is 39.7 Å². The van der Waals surface area contributed by atoms with E-state index in [4.69, 9.17) is 9.47 Å². The minimum atomic E-state index is -4.40. The van der Waals surface area contributed by atoms with E-state index in [1.54, 1.807) is 6.07 Å². The number of ether oxygens (including phenoxy) is 2. The zero-order chi connectivity index (χ0) is 41.5. The van der Waals surface area contributed by atoms with Gasteiger partial charge in [0.25, 0.3) is 0 Å². The van der Waals surface area contributed by atoms with E-state index >= 15 is 0 Å². The molecule has 58 heavy (non-hydrogen) atoms. The van der Waals surface area contributed by atoms with Crippen LogP contribution in [-0.2, 0) is 12.4 Å². The van der Waals surface area contributed by atoms with Crippen LogP contribution in [0.2, 0.25) is 0 Å². The lowest BCUT2D eigenvalue weighted by Crippen LogP contribution is -2.52. The van der Waals surface area contributed by atoms with Gasteiger partial charge in [0.05, 0.1) is 17.7 Å². The van der Waals surface area contributed by atoms with E-state index in [2.05, 4.69) is 106 Å². The lowest BCUT2D eigenvalue weighted by atomic mass is 9.87. The highest BCUT2D eigenvalue weighted by Crippen LogP contribution is 2.37. The van der Waals surface area contributed by atoms with Crippen LogP contribution < -0.4 is 24.6 Å². The number of benzene rings is 4. The Balaban J connectivity index is 0.000000254. The number of likely N-dealkylation sites (tertiary alicyclic amines) is 1. The Kier molecular flexibility index (Phi) is 19.0. The summed E-state index contributed by atoms with van der Waals surface area (Å²) in [6.45, 7) is 9.79. The quantitative estimate of drug-likeness (QED) is 0.119. The fraction of sp³-hybridized carbons (Fsp3) is 0.455. The summed E-state index contributed by atoms with van der Waals surface area (Å²) >= 11 is 3.08. The minimum absolute atomic E-state index is 0. The van der Waals surface area contributed by atoms with E-state index in [0.29, 0.717) is 17.4 Å². The molecule has 0 aliphatic carbocycles. The van der Waals surface area contributed by atoms with Gasteiger partial charge in [0.1, 0.15) is 18.1 Å². The van der Waals surface area contributed by atoms with Crippen LogP contribution in [0.25, 0.3) is 0 Å². The summed E-state index contributed by atoms with van der Waals surface area (Å²) in [7, 11) is 4.34. The second-order valence-corrected chi connectivity index (χ2v) is 15.5. The van der Waals surface area contributed by atoms with E-state index in [-0.39, 0.29) is 42.7 Å². The molecule has 2 fully saturated rings. The molecule has 0 radical (unpaired) electrons. The highest BCUT2D eigenvalue weighted by molar-refractivity contribution is 9.09. The van der Waals surface area contributed by atoms with Crippen LogP contribution in [0.15, 0.2) is 109 Å². The molecule has 2 saturated heterocycles. The van der Waals surface area contributed by atoms with Gasteiger partial charge in [-0.2, -0.15) is 26.3 Å². The smallest absolute Gasteiger partial charge is 0.419 e. The predicted molar refractivity (Wildman–Crippen MR) is 229 cm³/mol. The Morgan fingerprint density at radius 3 is 1.40 bits per heavy atom. The first-order valence-electron chi connectivity index (χ1n) is 19.2. The first kappa shape index (κ1) is 48.7. The van der Waals surface area contributed by atoms with Crippen LogP contribution in [0.5, 0.6) is 11.5 Å². The number of hydrogen-bond acceptors (Lipinski definition) is 6. The number of alkyl halides is 7. The van der Waals surface area contributed by atoms with Crippen molar-refractivity contribution < 1.29 is 35.8 Å². The fourth-order valence-electron chi connectivity index (χ4n) is 6.91. The van der Waals surface area contributed by atoms with Gasteiger partial charge in [0.15, 0.2) is 0 Å². The van der Waals surface area contributed by atoms with Gasteiger partial charge < -0.3 is 24.6 Å². The van der Waals surface area contributed by atoms with Gasteiger partial charge >= 0.3 is 12.4 Å². The number of para-hydroxylation sites is 4. The SMILES string of the molecule is CN(c1ccccc1)C1(C)CCN(CCOc2ccccc2C(F)(F)F)CC1.CN(c1ccccc1)C1(C)CCNCC1.Cl.FC(F)(F)c1ccccc1OCCBr. The molecular weight excluding hydrogens is 846 g/mol. The topological polar surface area (TPSA) is 40.2 Å². The second kappa shape index (κ2) is 22.6. The van der Waals surface area contributed by atoms with Crippen LogP contribution in [0.3, 0.4) is 0 Å². The van der Waals surface area contributed by atoms with Gasteiger partial charge in [0, 0.05) is 61.5 Å². The Morgan fingerprint density at radius 1 is 0.603 bits per heavy atom. The minimum Gasteiger partial charge on any atom is -0.492 e. The molecule has 0 atom stereocenters. The van der Waals surface area contributed by atoms with Crippen molar-refractivity contribution in [3.05, 3.63) is 120 Å². The molecule has 14 heteroatoms. The van der Waals surface area contributed by atoms with Gasteiger partial charge in [-0.25, -0.2) is 0 Å². The summed E-state index contributed by atoms with van der Waals surface area (Å²) < 4.78 is 86.7. The van der Waals surface area contributed by atoms with E-state index in [1.807, 2.05) is 18.2 Å². The zero-order valence-electron chi connectivity index (χ0n) is 33.6. The maximum atomic E-state index is 13.0. The third-order valence-electron chi connectivity index (χ3n) is 10.9. The molecule has 6 rings (SSSR count). The van der Waals surface area contributed by atoms with Gasteiger partial charge in [-0.05, 0) is 101 Å². The fourth-order valence-corrected chi connectivity index (χ4v) is 7.07. The van der Waals surface area contributed by atoms with Crippen LogP contribution in [0.1, 0.15) is 50.7 Å². The highest BCUT2D eigenvalue weighted by atomic mass is 79.9. The third kappa shape index (κ3) is 14.3. The second-order valence-electron chi connectivity index (χ2n) is 14.7. The van der Waals surface area contributed by atoms with Crippen molar-refractivity contribution in [1.29, 1.82) is 0 Å². The number of hydrogen-bond donors (Lipinski definition) is 1. The molecule has 0 spiro atoms. The first-order valence-corrected chi connectivity index (χ1v) is 20.3. The Morgan fingerprint density at radius 2 is 0.983 bits per heavy atom. The summed E-state index contributed by atoms with van der Waals surface area (Å²) in [4.78, 5) is 7.02. The highest BCUT2D eigenvalue weighted by Gasteiger charge is 2.36. The molecule has 4 aromatic carbocycles. The molecule has 2 aliphatic heterocycles. The lowest BCUT2D eigenvalue weighted by molar-refractivity contribution is -0.139. The lowest BCUT2D eigenvalue weighted by Gasteiger charge is -2.46. The number of anilines is 2. The number of halogens is 8. The molecule has 0 bridgehead atoms.